The van der Waals surface area contributed by atoms with Gasteiger partial charge in [-0.2, -0.15) is 11.3 Å². The van der Waals surface area contributed by atoms with Crippen LogP contribution in [0.5, 0.6) is 0 Å². The van der Waals surface area contributed by atoms with Gasteiger partial charge in [0.05, 0.1) is 0 Å². The van der Waals surface area contributed by atoms with Crippen LogP contribution in [-0.4, -0.2) is 23.2 Å². The Morgan fingerprint density at radius 1 is 0.642 bits per heavy atom. The van der Waals surface area contributed by atoms with Gasteiger partial charge in [-0.25, -0.2) is 0 Å². The second-order valence-corrected chi connectivity index (χ2v) is 26.5. The van der Waals surface area contributed by atoms with E-state index in [9.17, 15) is 0 Å². The van der Waals surface area contributed by atoms with E-state index in [4.69, 9.17) is 9.97 Å². The largest absolute Gasteiger partial charge is 0 e. The first-order valence-electron chi connectivity index (χ1n) is 18.3. The summed E-state index contributed by atoms with van der Waals surface area (Å²) in [7, 11) is 0. The minimum atomic E-state index is -1.75. The van der Waals surface area contributed by atoms with E-state index >= 15 is 0 Å². The summed E-state index contributed by atoms with van der Waals surface area (Å²) in [4.78, 5) is 9.48. The Bertz CT molecular complexity index is 2500. The number of aromatic nitrogens is 2. The fourth-order valence-electron chi connectivity index (χ4n) is 7.20. The van der Waals surface area contributed by atoms with Crippen molar-refractivity contribution in [3.05, 3.63) is 163 Å². The van der Waals surface area contributed by atoms with Crippen LogP contribution >= 0.6 is 11.3 Å². The van der Waals surface area contributed by atoms with Gasteiger partial charge in [-0.3, -0.25) is 0 Å². The quantitative estimate of drug-likeness (QED) is 0.127. The predicted molar refractivity (Wildman–Crippen MR) is 225 cm³/mol. The SMILES string of the molecule is Cc1cnc(-c2[c-]cc3sc4ccc(-c5ccccc5)cc4c3c2)cc1-c1ccccc1.[CH3][Ge]([CH3])([CH3])[c]1ccc(-c2[c-]ccc3c2CCCC3)nc1.[Ir]. The van der Waals surface area contributed by atoms with Crippen molar-refractivity contribution < 1.29 is 20.1 Å². The van der Waals surface area contributed by atoms with E-state index in [-0.39, 0.29) is 20.1 Å². The topological polar surface area (TPSA) is 25.8 Å². The van der Waals surface area contributed by atoms with Crippen molar-refractivity contribution in [3.63, 3.8) is 0 Å². The molecule has 0 amide bonds. The molecule has 3 aromatic heterocycles. The van der Waals surface area contributed by atoms with Crippen LogP contribution in [0.3, 0.4) is 0 Å². The summed E-state index contributed by atoms with van der Waals surface area (Å²) in [5, 5.41) is 2.55. The van der Waals surface area contributed by atoms with Crippen LogP contribution in [0, 0.1) is 19.1 Å². The third-order valence-corrected chi connectivity index (χ3v) is 15.6. The van der Waals surface area contributed by atoms with Gasteiger partial charge in [0.1, 0.15) is 0 Å². The Labute approximate surface area is 334 Å². The third kappa shape index (κ3) is 8.03. The molecule has 0 aliphatic heterocycles. The maximum absolute atomic E-state index is 4.74. The molecule has 1 aliphatic rings. The van der Waals surface area contributed by atoms with Crippen molar-refractivity contribution in [2.45, 2.75) is 49.9 Å². The van der Waals surface area contributed by atoms with Gasteiger partial charge in [-0.05, 0) is 62.7 Å². The van der Waals surface area contributed by atoms with Crippen molar-refractivity contribution in [3.8, 4) is 44.8 Å². The van der Waals surface area contributed by atoms with Gasteiger partial charge in [-0.1, -0.05) is 78.2 Å². The molecule has 0 unspecified atom stereocenters. The van der Waals surface area contributed by atoms with Crippen LogP contribution in [0.4, 0.5) is 0 Å². The molecular formula is C48H42GeIrN2S-2. The van der Waals surface area contributed by atoms with E-state index in [0.717, 1.165) is 17.0 Å². The summed E-state index contributed by atoms with van der Waals surface area (Å²) in [5.74, 6) is 7.23. The molecule has 8 aromatic rings. The Morgan fingerprint density at radius 3 is 2.09 bits per heavy atom. The molecule has 1 aliphatic carbocycles. The van der Waals surface area contributed by atoms with Gasteiger partial charge < -0.3 is 4.98 Å². The normalized spacial score (nSPS) is 12.5. The third-order valence-electron chi connectivity index (χ3n) is 10.2. The van der Waals surface area contributed by atoms with Crippen LogP contribution in [0.1, 0.15) is 29.5 Å². The molecule has 0 N–H and O–H groups in total. The predicted octanol–water partition coefficient (Wildman–Crippen LogP) is 12.5. The summed E-state index contributed by atoms with van der Waals surface area (Å²) >= 11 is 0.0661. The molecule has 9 rings (SSSR count). The number of hydrogen-bond donors (Lipinski definition) is 0. The Hall–Kier alpha value is -4.19. The van der Waals surface area contributed by atoms with Gasteiger partial charge in [0.2, 0.25) is 0 Å². The Kier molecular flexibility index (Phi) is 11.2. The van der Waals surface area contributed by atoms with E-state index in [1.54, 1.807) is 0 Å². The average molecular weight is 944 g/mol. The molecule has 0 saturated heterocycles. The molecule has 0 spiro atoms. The zero-order valence-corrected chi connectivity index (χ0v) is 36.0. The van der Waals surface area contributed by atoms with E-state index in [2.05, 4.69) is 158 Å². The molecule has 2 nitrogen and oxygen atoms in total. The first kappa shape index (κ1) is 37.1. The average Bonchev–Trinajstić information content (AvgIpc) is 3.56. The minimum Gasteiger partial charge on any atom is 0 e. The number of pyridine rings is 2. The first-order chi connectivity index (χ1) is 25.3. The Balaban J connectivity index is 0.000000179. The monoisotopic (exact) mass is 945 g/mol. The molecule has 0 fully saturated rings. The van der Waals surface area contributed by atoms with Crippen molar-refractivity contribution >= 4 is 49.2 Å². The molecule has 1 radical (unpaired) electrons. The number of fused-ring (bicyclic) bond motifs is 4. The summed E-state index contributed by atoms with van der Waals surface area (Å²) in [5.41, 5.74) is 13.4. The maximum atomic E-state index is 4.74. The summed E-state index contributed by atoms with van der Waals surface area (Å²) < 4.78 is 4.02. The Morgan fingerprint density at radius 2 is 1.36 bits per heavy atom. The molecule has 0 saturated carbocycles. The van der Waals surface area contributed by atoms with Gasteiger partial charge >= 0.3 is 125 Å². The number of benzene rings is 5. The van der Waals surface area contributed by atoms with Crippen LogP contribution in [0.2, 0.25) is 17.3 Å². The minimum absolute atomic E-state index is 0. The number of hydrogen-bond acceptors (Lipinski definition) is 3. The van der Waals surface area contributed by atoms with Gasteiger partial charge in [0.15, 0.2) is 0 Å². The van der Waals surface area contributed by atoms with Crippen molar-refractivity contribution in [2.24, 2.45) is 0 Å². The molecule has 0 atom stereocenters. The number of thiophene rings is 1. The molecular weight excluding hydrogens is 901 g/mol. The zero-order valence-electron chi connectivity index (χ0n) is 30.7. The second-order valence-electron chi connectivity index (χ2n) is 14.8. The van der Waals surface area contributed by atoms with Crippen LogP contribution < -0.4 is 4.40 Å². The van der Waals surface area contributed by atoms with E-state index in [0.29, 0.717) is 0 Å². The fourth-order valence-corrected chi connectivity index (χ4v) is 10.4. The molecule has 5 aromatic carbocycles. The van der Waals surface area contributed by atoms with Gasteiger partial charge in [-0.15, -0.1) is 23.8 Å². The van der Waals surface area contributed by atoms with Crippen molar-refractivity contribution in [1.29, 1.82) is 0 Å². The van der Waals surface area contributed by atoms with Crippen LogP contribution in [-0.2, 0) is 32.9 Å². The van der Waals surface area contributed by atoms with Crippen molar-refractivity contribution in [2.75, 3.05) is 0 Å². The van der Waals surface area contributed by atoms with Crippen LogP contribution in [0.15, 0.2) is 134 Å². The zero-order chi connectivity index (χ0) is 35.7. The molecule has 0 bridgehead atoms. The standard InChI is InChI=1S/C30H20NS.C18H22GeN.Ir/c1-20-19-31-28(18-25(20)22-10-6-3-7-11-22)24-13-15-30-27(17-24)26-16-23(12-14-29(26)32-30)21-8-4-2-5-9-21;1-19(2,3)15-11-12-18(20-13-15)17-10-6-8-14-7-4-5-9-16(14)17;/h2-12,14-19H,1H3;6,8,11-13H,4-5,7,9H2,1-3H3;/q2*-1;. The van der Waals surface area contributed by atoms with Gasteiger partial charge in [0, 0.05) is 31.0 Å². The van der Waals surface area contributed by atoms with Gasteiger partial charge in [0.25, 0.3) is 0 Å². The number of nitrogens with zero attached hydrogens (tertiary/aromatic N) is 2. The molecule has 53 heavy (non-hydrogen) atoms. The van der Waals surface area contributed by atoms with Crippen LogP contribution in [0.25, 0.3) is 64.9 Å². The van der Waals surface area contributed by atoms with Crippen molar-refractivity contribution in [1.82, 2.24) is 9.97 Å². The molecule has 265 valence electrons. The summed E-state index contributed by atoms with van der Waals surface area (Å²) in [6, 6.07) is 50.1. The summed E-state index contributed by atoms with van der Waals surface area (Å²) in [6.45, 7) is 2.11. The maximum Gasteiger partial charge on any atom is 0 e. The molecule has 3 heterocycles. The number of rotatable bonds is 5. The number of aryl methyl sites for hydroxylation is 2. The van der Waals surface area contributed by atoms with E-state index in [1.807, 2.05) is 23.6 Å². The van der Waals surface area contributed by atoms with E-state index in [1.165, 1.54) is 94.8 Å². The summed E-state index contributed by atoms with van der Waals surface area (Å²) in [6.07, 6.45) is 9.09. The fraction of sp³-hybridized carbons (Fsp3) is 0.167. The molecule has 5 heteroatoms. The van der Waals surface area contributed by atoms with E-state index < -0.39 is 13.3 Å². The second kappa shape index (κ2) is 16.0. The first-order valence-corrected chi connectivity index (χ1v) is 26.4. The smallest absolute Gasteiger partial charge is 0 e.